The van der Waals surface area contributed by atoms with Gasteiger partial charge in [0.05, 0.1) is 5.38 Å². The van der Waals surface area contributed by atoms with Gasteiger partial charge in [0.2, 0.25) is 0 Å². The number of rotatable bonds is 2. The van der Waals surface area contributed by atoms with Gasteiger partial charge in [-0.3, -0.25) is 4.79 Å². The number of hydrogen-bond acceptors (Lipinski definition) is 1. The molecule has 3 rings (SSSR count). The Hall–Kier alpha value is -1.54. The molecule has 1 N–H and O–H groups in total. The number of benzene rings is 2. The second-order valence-electron chi connectivity index (χ2n) is 5.80. The van der Waals surface area contributed by atoms with E-state index in [0.29, 0.717) is 5.56 Å². The van der Waals surface area contributed by atoms with Gasteiger partial charge in [0.15, 0.2) is 0 Å². The molecule has 110 valence electrons. The van der Waals surface area contributed by atoms with E-state index in [0.717, 1.165) is 36.5 Å². The van der Waals surface area contributed by atoms with Crippen molar-refractivity contribution in [3.63, 3.8) is 0 Å². The van der Waals surface area contributed by atoms with Gasteiger partial charge in [0.25, 0.3) is 5.91 Å². The highest BCUT2D eigenvalue weighted by Crippen LogP contribution is 2.23. The fourth-order valence-corrected chi connectivity index (χ4v) is 3.35. The number of hydrogen-bond donors (Lipinski definition) is 1. The molecule has 1 fully saturated rings. The number of carbonyl (C=O) groups excluding carboxylic acids is 1. The van der Waals surface area contributed by atoms with E-state index >= 15 is 0 Å². The molecule has 1 aliphatic carbocycles. The number of carbonyl (C=O) groups is 1. The summed E-state index contributed by atoms with van der Waals surface area (Å²) >= 11 is 6.40. The standard InChI is InChI=1S/C18H20ClNO/c19-16-8-2-1-3-9-17(16)20-18(21)15-11-10-13-6-4-5-7-14(13)12-15/h4-7,10-12,16-17H,1-3,8-9H2,(H,20,21). The van der Waals surface area contributed by atoms with Crippen LogP contribution in [0.3, 0.4) is 0 Å². The number of alkyl halides is 1. The van der Waals surface area contributed by atoms with Crippen LogP contribution in [0.15, 0.2) is 42.5 Å². The van der Waals surface area contributed by atoms with Crippen molar-refractivity contribution < 1.29 is 4.79 Å². The zero-order valence-corrected chi connectivity index (χ0v) is 12.8. The van der Waals surface area contributed by atoms with E-state index in [1.165, 1.54) is 6.42 Å². The van der Waals surface area contributed by atoms with Crippen molar-refractivity contribution in [2.45, 2.75) is 43.5 Å². The predicted octanol–water partition coefficient (Wildman–Crippen LogP) is 4.51. The van der Waals surface area contributed by atoms with E-state index in [4.69, 9.17) is 11.6 Å². The highest BCUT2D eigenvalue weighted by Gasteiger charge is 2.23. The van der Waals surface area contributed by atoms with Crippen molar-refractivity contribution in [3.8, 4) is 0 Å². The molecule has 2 aromatic carbocycles. The number of amides is 1. The number of halogens is 1. The van der Waals surface area contributed by atoms with E-state index in [2.05, 4.69) is 11.4 Å². The lowest BCUT2D eigenvalue weighted by atomic mass is 10.0. The summed E-state index contributed by atoms with van der Waals surface area (Å²) in [4.78, 5) is 12.4. The fourth-order valence-electron chi connectivity index (χ4n) is 3.01. The summed E-state index contributed by atoms with van der Waals surface area (Å²) in [5.41, 5.74) is 0.710. The minimum absolute atomic E-state index is 0.0155. The van der Waals surface area contributed by atoms with Crippen molar-refractivity contribution >= 4 is 28.3 Å². The molecular formula is C18H20ClNO. The average molecular weight is 302 g/mol. The molecule has 0 bridgehead atoms. The fraction of sp³-hybridized carbons (Fsp3) is 0.389. The van der Waals surface area contributed by atoms with Gasteiger partial charge in [-0.1, -0.05) is 49.6 Å². The molecule has 2 nitrogen and oxygen atoms in total. The molecule has 21 heavy (non-hydrogen) atoms. The summed E-state index contributed by atoms with van der Waals surface area (Å²) in [6.07, 6.45) is 5.49. The van der Waals surface area contributed by atoms with Crippen molar-refractivity contribution in [1.29, 1.82) is 0 Å². The molecule has 0 saturated heterocycles. The quantitative estimate of drug-likeness (QED) is 0.642. The molecule has 3 heteroatoms. The van der Waals surface area contributed by atoms with Gasteiger partial charge in [-0.15, -0.1) is 11.6 Å². The Bertz CT molecular complexity index is 640. The first kappa shape index (κ1) is 14.4. The van der Waals surface area contributed by atoms with Crippen LogP contribution in [0.5, 0.6) is 0 Å². The van der Waals surface area contributed by atoms with Crippen LogP contribution in [0.4, 0.5) is 0 Å². The third kappa shape index (κ3) is 3.38. The molecular weight excluding hydrogens is 282 g/mol. The number of fused-ring (bicyclic) bond motifs is 1. The molecule has 1 amide bonds. The van der Waals surface area contributed by atoms with Crippen molar-refractivity contribution in [2.24, 2.45) is 0 Å². The second kappa shape index (κ2) is 6.48. The van der Waals surface area contributed by atoms with Crippen LogP contribution in [-0.2, 0) is 0 Å². The van der Waals surface area contributed by atoms with Gasteiger partial charge in [0, 0.05) is 11.6 Å². The van der Waals surface area contributed by atoms with E-state index in [-0.39, 0.29) is 17.3 Å². The van der Waals surface area contributed by atoms with E-state index < -0.39 is 0 Å². The molecule has 0 aromatic heterocycles. The molecule has 0 aliphatic heterocycles. The summed E-state index contributed by atoms with van der Waals surface area (Å²) in [5, 5.41) is 5.41. The molecule has 1 aliphatic rings. The maximum absolute atomic E-state index is 12.4. The maximum Gasteiger partial charge on any atom is 0.251 e. The Balaban J connectivity index is 1.76. The van der Waals surface area contributed by atoms with Crippen molar-refractivity contribution in [3.05, 3.63) is 48.0 Å². The van der Waals surface area contributed by atoms with E-state index in [1.807, 2.05) is 36.4 Å². The first-order valence-corrected chi connectivity index (χ1v) is 8.11. The molecule has 2 aromatic rings. The van der Waals surface area contributed by atoms with E-state index in [9.17, 15) is 4.79 Å². The van der Waals surface area contributed by atoms with Crippen LogP contribution in [0.1, 0.15) is 42.5 Å². The summed E-state index contributed by atoms with van der Waals surface area (Å²) in [5.74, 6) is -0.0155. The third-order valence-corrected chi connectivity index (χ3v) is 4.78. The lowest BCUT2D eigenvalue weighted by Gasteiger charge is -2.21. The second-order valence-corrected chi connectivity index (χ2v) is 6.36. The Morgan fingerprint density at radius 1 is 1.00 bits per heavy atom. The highest BCUT2D eigenvalue weighted by atomic mass is 35.5. The van der Waals surface area contributed by atoms with Crippen LogP contribution < -0.4 is 5.32 Å². The first-order chi connectivity index (χ1) is 10.2. The number of nitrogens with one attached hydrogen (secondary N) is 1. The maximum atomic E-state index is 12.4. The summed E-state index contributed by atoms with van der Waals surface area (Å²) in [6, 6.07) is 14.0. The van der Waals surface area contributed by atoms with Gasteiger partial charge < -0.3 is 5.32 Å². The van der Waals surface area contributed by atoms with Gasteiger partial charge in [-0.05, 0) is 35.7 Å². The third-order valence-electron chi connectivity index (χ3n) is 4.26. The Morgan fingerprint density at radius 3 is 2.62 bits per heavy atom. The molecule has 0 heterocycles. The first-order valence-electron chi connectivity index (χ1n) is 7.68. The summed E-state index contributed by atoms with van der Waals surface area (Å²) in [7, 11) is 0. The normalized spacial score (nSPS) is 22.7. The van der Waals surface area contributed by atoms with Crippen LogP contribution in [0.2, 0.25) is 0 Å². The zero-order chi connectivity index (χ0) is 14.7. The lowest BCUT2D eigenvalue weighted by Crippen LogP contribution is -2.40. The highest BCUT2D eigenvalue weighted by molar-refractivity contribution is 6.21. The lowest BCUT2D eigenvalue weighted by molar-refractivity contribution is 0.0934. The SMILES string of the molecule is O=C(NC1CCCCCC1Cl)c1ccc2ccccc2c1. The van der Waals surface area contributed by atoms with Gasteiger partial charge in [-0.25, -0.2) is 0 Å². The molecule has 0 radical (unpaired) electrons. The van der Waals surface area contributed by atoms with Crippen LogP contribution in [0.25, 0.3) is 10.8 Å². The smallest absolute Gasteiger partial charge is 0.251 e. The van der Waals surface area contributed by atoms with Crippen LogP contribution in [0, 0.1) is 0 Å². The van der Waals surface area contributed by atoms with Crippen molar-refractivity contribution in [2.75, 3.05) is 0 Å². The minimum Gasteiger partial charge on any atom is -0.348 e. The minimum atomic E-state index is -0.0155. The summed E-state index contributed by atoms with van der Waals surface area (Å²) < 4.78 is 0. The Kier molecular flexibility index (Phi) is 4.45. The van der Waals surface area contributed by atoms with E-state index in [1.54, 1.807) is 0 Å². The van der Waals surface area contributed by atoms with Crippen LogP contribution >= 0.6 is 11.6 Å². The average Bonchev–Trinajstić information content (AvgIpc) is 2.72. The molecule has 2 unspecified atom stereocenters. The van der Waals surface area contributed by atoms with Gasteiger partial charge in [0.1, 0.15) is 0 Å². The topological polar surface area (TPSA) is 29.1 Å². The van der Waals surface area contributed by atoms with Gasteiger partial charge in [-0.2, -0.15) is 0 Å². The molecule has 1 saturated carbocycles. The zero-order valence-electron chi connectivity index (χ0n) is 12.0. The monoisotopic (exact) mass is 301 g/mol. The Morgan fingerprint density at radius 2 is 1.76 bits per heavy atom. The summed E-state index contributed by atoms with van der Waals surface area (Å²) in [6.45, 7) is 0. The molecule has 0 spiro atoms. The largest absolute Gasteiger partial charge is 0.348 e. The van der Waals surface area contributed by atoms with Crippen molar-refractivity contribution in [1.82, 2.24) is 5.32 Å². The Labute approximate surface area is 130 Å². The van der Waals surface area contributed by atoms with Gasteiger partial charge >= 0.3 is 0 Å². The predicted molar refractivity (Wildman–Crippen MR) is 87.9 cm³/mol. The molecule has 2 atom stereocenters. The van der Waals surface area contributed by atoms with Crippen LogP contribution in [-0.4, -0.2) is 17.3 Å².